The van der Waals surface area contributed by atoms with E-state index in [1.807, 2.05) is 24.3 Å². The van der Waals surface area contributed by atoms with Crippen molar-refractivity contribution in [2.45, 2.75) is 6.18 Å². The van der Waals surface area contributed by atoms with E-state index in [0.29, 0.717) is 30.0 Å². The molecule has 1 aliphatic rings. The molecule has 4 nitrogen and oxygen atoms in total. The van der Waals surface area contributed by atoms with Gasteiger partial charge in [0.15, 0.2) is 0 Å². The number of halogens is 3. The Morgan fingerprint density at radius 2 is 1.63 bits per heavy atom. The molecule has 27 heavy (non-hydrogen) atoms. The Hall–Kier alpha value is -2.80. The number of ether oxygens (including phenoxy) is 1. The fourth-order valence-corrected chi connectivity index (χ4v) is 2.72. The molecule has 0 radical (unpaired) electrons. The molecule has 0 aromatic heterocycles. The highest BCUT2D eigenvalue weighted by molar-refractivity contribution is 6.04. The molecule has 1 aliphatic heterocycles. The molecule has 1 saturated heterocycles. The van der Waals surface area contributed by atoms with Crippen molar-refractivity contribution >= 4 is 23.4 Å². The number of morpholine rings is 1. The molecule has 0 unspecified atom stereocenters. The lowest BCUT2D eigenvalue weighted by atomic mass is 10.1. The van der Waals surface area contributed by atoms with Crippen LogP contribution in [0.25, 0.3) is 6.08 Å². The lowest BCUT2D eigenvalue weighted by molar-refractivity contribution is -0.0790. The zero-order valence-corrected chi connectivity index (χ0v) is 14.5. The minimum absolute atomic E-state index is 0.165. The minimum atomic E-state index is -4.36. The van der Waals surface area contributed by atoms with E-state index in [1.54, 1.807) is 0 Å². The fourth-order valence-electron chi connectivity index (χ4n) is 2.72. The van der Waals surface area contributed by atoms with Crippen LogP contribution in [0.15, 0.2) is 54.6 Å². The molecule has 0 bridgehead atoms. The third-order valence-corrected chi connectivity index (χ3v) is 4.14. The Labute approximate surface area is 155 Å². The number of allylic oxidation sites excluding steroid dienone is 1. The quantitative estimate of drug-likeness (QED) is 0.863. The highest BCUT2D eigenvalue weighted by Crippen LogP contribution is 2.20. The molecule has 3 rings (SSSR count). The SMILES string of the molecule is O=C(Nc1ccc(N2CCOCC2)cc1)c1ccc(/C=C/C(F)(F)F)cc1. The predicted octanol–water partition coefficient (Wildman–Crippen LogP) is 4.35. The van der Waals surface area contributed by atoms with Gasteiger partial charge in [-0.3, -0.25) is 4.79 Å². The van der Waals surface area contributed by atoms with Crippen LogP contribution >= 0.6 is 0 Å². The summed E-state index contributed by atoms with van der Waals surface area (Å²) in [6, 6.07) is 13.4. The van der Waals surface area contributed by atoms with Crippen molar-refractivity contribution in [3.05, 3.63) is 65.7 Å². The third-order valence-electron chi connectivity index (χ3n) is 4.14. The van der Waals surface area contributed by atoms with Crippen molar-refractivity contribution in [1.29, 1.82) is 0 Å². The van der Waals surface area contributed by atoms with E-state index in [0.717, 1.165) is 24.9 Å². The van der Waals surface area contributed by atoms with Crippen molar-refractivity contribution in [3.8, 4) is 0 Å². The van der Waals surface area contributed by atoms with Crippen LogP contribution in [0.3, 0.4) is 0 Å². The number of amides is 1. The summed E-state index contributed by atoms with van der Waals surface area (Å²) >= 11 is 0. The summed E-state index contributed by atoms with van der Waals surface area (Å²) < 4.78 is 41.9. The number of rotatable bonds is 4. The van der Waals surface area contributed by atoms with E-state index in [9.17, 15) is 18.0 Å². The summed E-state index contributed by atoms with van der Waals surface area (Å²) in [5.74, 6) is -0.319. The maximum atomic E-state index is 12.3. The molecule has 7 heteroatoms. The largest absolute Gasteiger partial charge is 0.409 e. The number of nitrogens with one attached hydrogen (secondary N) is 1. The second-order valence-electron chi connectivity index (χ2n) is 6.10. The molecule has 2 aromatic carbocycles. The van der Waals surface area contributed by atoms with Gasteiger partial charge < -0.3 is 15.0 Å². The standard InChI is InChI=1S/C20H19F3N2O2/c21-20(22,23)10-9-15-1-3-16(4-2-15)19(26)24-17-5-7-18(8-6-17)25-11-13-27-14-12-25/h1-10H,11-14H2,(H,24,26)/b10-9+. The van der Waals surface area contributed by atoms with Gasteiger partial charge in [0.1, 0.15) is 0 Å². The molecule has 1 fully saturated rings. The van der Waals surface area contributed by atoms with Crippen LogP contribution < -0.4 is 10.2 Å². The second kappa shape index (κ2) is 8.26. The van der Waals surface area contributed by atoms with Crippen LogP contribution in [-0.2, 0) is 4.74 Å². The molecule has 1 amide bonds. The summed E-state index contributed by atoms with van der Waals surface area (Å²) in [7, 11) is 0. The first-order valence-electron chi connectivity index (χ1n) is 8.51. The number of hydrogen-bond acceptors (Lipinski definition) is 3. The van der Waals surface area contributed by atoms with Gasteiger partial charge in [-0.25, -0.2) is 0 Å². The molecule has 142 valence electrons. The number of benzene rings is 2. The monoisotopic (exact) mass is 376 g/mol. The molecule has 0 atom stereocenters. The smallest absolute Gasteiger partial charge is 0.378 e. The normalized spacial score (nSPS) is 15.1. The van der Waals surface area contributed by atoms with Gasteiger partial charge in [-0.15, -0.1) is 0 Å². The summed E-state index contributed by atoms with van der Waals surface area (Å²) in [5.41, 5.74) is 2.46. The average Bonchev–Trinajstić information content (AvgIpc) is 2.67. The van der Waals surface area contributed by atoms with E-state index in [4.69, 9.17) is 4.74 Å². The van der Waals surface area contributed by atoms with E-state index in [-0.39, 0.29) is 12.0 Å². The number of alkyl halides is 3. The summed E-state index contributed by atoms with van der Waals surface area (Å²) in [5, 5.41) is 2.78. The van der Waals surface area contributed by atoms with Gasteiger partial charge in [0.05, 0.1) is 13.2 Å². The van der Waals surface area contributed by atoms with Crippen molar-refractivity contribution in [2.75, 3.05) is 36.5 Å². The Morgan fingerprint density at radius 1 is 1.00 bits per heavy atom. The van der Waals surface area contributed by atoms with Crippen LogP contribution in [0.1, 0.15) is 15.9 Å². The zero-order valence-electron chi connectivity index (χ0n) is 14.5. The zero-order chi connectivity index (χ0) is 19.3. The van der Waals surface area contributed by atoms with Gasteiger partial charge in [0.2, 0.25) is 0 Å². The number of carbonyl (C=O) groups is 1. The van der Waals surface area contributed by atoms with Gasteiger partial charge in [-0.2, -0.15) is 13.2 Å². The van der Waals surface area contributed by atoms with Gasteiger partial charge in [-0.1, -0.05) is 18.2 Å². The van der Waals surface area contributed by atoms with Crippen LogP contribution in [0, 0.1) is 0 Å². The number of carbonyl (C=O) groups excluding carboxylic acids is 1. The van der Waals surface area contributed by atoms with Gasteiger partial charge in [0, 0.05) is 36.1 Å². The first-order chi connectivity index (χ1) is 12.9. The van der Waals surface area contributed by atoms with Crippen molar-refractivity contribution in [3.63, 3.8) is 0 Å². The molecule has 0 aliphatic carbocycles. The van der Waals surface area contributed by atoms with Crippen LogP contribution in [0.4, 0.5) is 24.5 Å². The molecule has 0 saturated carbocycles. The lowest BCUT2D eigenvalue weighted by Gasteiger charge is -2.28. The van der Waals surface area contributed by atoms with Crippen molar-refractivity contribution in [2.24, 2.45) is 0 Å². The van der Waals surface area contributed by atoms with Crippen LogP contribution in [0.2, 0.25) is 0 Å². The maximum Gasteiger partial charge on any atom is 0.409 e. The number of nitrogens with zero attached hydrogens (tertiary/aromatic N) is 1. The van der Waals surface area contributed by atoms with Gasteiger partial charge >= 0.3 is 6.18 Å². The second-order valence-corrected chi connectivity index (χ2v) is 6.10. The number of anilines is 2. The Bertz CT molecular complexity index is 793. The van der Waals surface area contributed by atoms with Crippen LogP contribution in [0.5, 0.6) is 0 Å². The number of hydrogen-bond donors (Lipinski definition) is 1. The van der Waals surface area contributed by atoms with E-state index >= 15 is 0 Å². The molecular weight excluding hydrogens is 357 g/mol. The van der Waals surface area contributed by atoms with Crippen molar-refractivity contribution < 1.29 is 22.7 Å². The highest BCUT2D eigenvalue weighted by Gasteiger charge is 2.21. The summed E-state index contributed by atoms with van der Waals surface area (Å²) in [4.78, 5) is 14.5. The first kappa shape index (κ1) is 19.0. The van der Waals surface area contributed by atoms with Gasteiger partial charge in [0.25, 0.3) is 5.91 Å². The molecule has 2 aromatic rings. The van der Waals surface area contributed by atoms with Crippen LogP contribution in [-0.4, -0.2) is 38.4 Å². The Balaban J connectivity index is 1.60. The first-order valence-corrected chi connectivity index (χ1v) is 8.51. The third kappa shape index (κ3) is 5.59. The maximum absolute atomic E-state index is 12.3. The van der Waals surface area contributed by atoms with Gasteiger partial charge in [-0.05, 0) is 42.0 Å². The van der Waals surface area contributed by atoms with E-state index in [2.05, 4.69) is 10.2 Å². The predicted molar refractivity (Wildman–Crippen MR) is 99.0 cm³/mol. The van der Waals surface area contributed by atoms with E-state index < -0.39 is 6.18 Å². The minimum Gasteiger partial charge on any atom is -0.378 e. The fraction of sp³-hybridized carbons (Fsp3) is 0.250. The summed E-state index contributed by atoms with van der Waals surface area (Å²) in [6.07, 6.45) is -3.23. The van der Waals surface area contributed by atoms with Crippen molar-refractivity contribution in [1.82, 2.24) is 0 Å². The molecule has 1 N–H and O–H groups in total. The Kier molecular flexibility index (Phi) is 5.81. The van der Waals surface area contributed by atoms with E-state index in [1.165, 1.54) is 24.3 Å². The molecule has 1 heterocycles. The average molecular weight is 376 g/mol. The Morgan fingerprint density at radius 3 is 2.22 bits per heavy atom. The molecule has 0 spiro atoms. The highest BCUT2D eigenvalue weighted by atomic mass is 19.4. The molecular formula is C20H19F3N2O2. The topological polar surface area (TPSA) is 41.6 Å². The summed E-state index contributed by atoms with van der Waals surface area (Å²) in [6.45, 7) is 3.07. The lowest BCUT2D eigenvalue weighted by Crippen LogP contribution is -2.36.